The summed E-state index contributed by atoms with van der Waals surface area (Å²) in [5, 5.41) is 11.6. The maximum atomic E-state index is 11.9. The van der Waals surface area contributed by atoms with Gasteiger partial charge in [-0.2, -0.15) is 8.42 Å². The van der Waals surface area contributed by atoms with Gasteiger partial charge in [0.15, 0.2) is 0 Å². The maximum absolute atomic E-state index is 11.9. The number of aliphatic hydroxyl groups is 1. The monoisotopic (exact) mass is 611 g/mol. The molecule has 0 radical (unpaired) electrons. The summed E-state index contributed by atoms with van der Waals surface area (Å²) in [5.41, 5.74) is 5.19. The lowest BCUT2D eigenvalue weighted by molar-refractivity contribution is -0.0710. The molecule has 1 aromatic rings. The second-order valence-electron chi connectivity index (χ2n) is 16.3. The minimum Gasteiger partial charge on any atom is -0.391 e. The van der Waals surface area contributed by atoms with Gasteiger partial charge in [0, 0.05) is 19.1 Å². The van der Waals surface area contributed by atoms with Crippen LogP contribution in [0.1, 0.15) is 104 Å². The first-order chi connectivity index (χ1) is 20.3. The molecule has 6 rings (SSSR count). The molecule has 43 heavy (non-hydrogen) atoms. The molecule has 240 valence electrons. The molecule has 0 aromatic heterocycles. The molecule has 6 heteroatoms. The molecule has 5 nitrogen and oxygen atoms in total. The third kappa shape index (κ3) is 6.16. The van der Waals surface area contributed by atoms with E-state index in [0.29, 0.717) is 29.6 Å². The van der Waals surface area contributed by atoms with E-state index in [4.69, 9.17) is 4.18 Å². The Hall–Kier alpha value is -1.21. The van der Waals surface area contributed by atoms with Crippen molar-refractivity contribution in [3.63, 3.8) is 0 Å². The summed E-state index contributed by atoms with van der Waals surface area (Å²) in [6, 6.07) is 11.0. The van der Waals surface area contributed by atoms with Crippen molar-refractivity contribution in [1.29, 1.82) is 0 Å². The number of likely N-dealkylation sites (tertiary alicyclic amines) is 1. The molecule has 3 saturated carbocycles. The molecule has 5 aliphatic rings. The van der Waals surface area contributed by atoms with Crippen molar-refractivity contribution in [3.05, 3.63) is 47.0 Å². The smallest absolute Gasteiger partial charge is 0.264 e. The summed E-state index contributed by atoms with van der Waals surface area (Å²) >= 11 is 0. The molecular formula is C37H57NO4S. The van der Waals surface area contributed by atoms with Gasteiger partial charge in [0.25, 0.3) is 10.1 Å². The second-order valence-corrected chi connectivity index (χ2v) is 17.9. The Kier molecular flexibility index (Phi) is 8.76. The molecule has 11 atom stereocenters. The van der Waals surface area contributed by atoms with Gasteiger partial charge in [-0.05, 0) is 123 Å². The summed E-state index contributed by atoms with van der Waals surface area (Å²) in [7, 11) is -3.41. The Morgan fingerprint density at radius 2 is 1.81 bits per heavy atom. The number of allylic oxidation sites excluding steroid dienone is 2. The molecule has 0 bridgehead atoms. The highest BCUT2D eigenvalue weighted by molar-refractivity contribution is 7.86. The van der Waals surface area contributed by atoms with Crippen molar-refractivity contribution >= 4 is 10.1 Å². The largest absolute Gasteiger partial charge is 0.391 e. The molecule has 4 fully saturated rings. The van der Waals surface area contributed by atoms with Crippen LogP contribution in [0, 0.1) is 46.3 Å². The number of rotatable bonds is 6. The quantitative estimate of drug-likeness (QED) is 0.265. The summed E-state index contributed by atoms with van der Waals surface area (Å²) in [6.07, 6.45) is 11.9. The Morgan fingerprint density at radius 3 is 2.53 bits per heavy atom. The summed E-state index contributed by atoms with van der Waals surface area (Å²) in [4.78, 5) is 2.61. The first-order valence-electron chi connectivity index (χ1n) is 17.3. The summed E-state index contributed by atoms with van der Waals surface area (Å²) in [6.45, 7) is 14.2. The minimum atomic E-state index is -3.41. The van der Waals surface area contributed by atoms with E-state index in [1.165, 1.54) is 43.9 Å². The zero-order chi connectivity index (χ0) is 30.7. The van der Waals surface area contributed by atoms with Crippen molar-refractivity contribution in [2.45, 2.75) is 124 Å². The normalized spacial score (nSPS) is 43.0. The summed E-state index contributed by atoms with van der Waals surface area (Å²) in [5.74, 6) is 3.64. The molecular weight excluding hydrogens is 554 g/mol. The summed E-state index contributed by atoms with van der Waals surface area (Å²) < 4.78 is 29.2. The van der Waals surface area contributed by atoms with Gasteiger partial charge in [-0.3, -0.25) is 9.08 Å². The number of benzene rings is 1. The van der Waals surface area contributed by atoms with E-state index in [1.807, 2.05) is 0 Å². The van der Waals surface area contributed by atoms with Crippen LogP contribution in [0.3, 0.4) is 0 Å². The molecule has 4 aliphatic carbocycles. The predicted octanol–water partition coefficient (Wildman–Crippen LogP) is 7.60. The fourth-order valence-corrected chi connectivity index (χ4v) is 11.9. The Morgan fingerprint density at radius 1 is 1.07 bits per heavy atom. The lowest BCUT2D eigenvalue weighted by Gasteiger charge is -2.54. The van der Waals surface area contributed by atoms with Crippen LogP contribution in [0.25, 0.3) is 0 Å². The van der Waals surface area contributed by atoms with Gasteiger partial charge in [-0.25, -0.2) is 0 Å². The van der Waals surface area contributed by atoms with Crippen LogP contribution >= 0.6 is 0 Å². The van der Waals surface area contributed by atoms with Crippen LogP contribution in [0.5, 0.6) is 0 Å². The van der Waals surface area contributed by atoms with Gasteiger partial charge in [-0.1, -0.05) is 69.2 Å². The highest BCUT2D eigenvalue weighted by Crippen LogP contribution is 2.65. The topological polar surface area (TPSA) is 66.8 Å². The Balaban J connectivity index is 1.20. The third-order valence-electron chi connectivity index (χ3n) is 13.5. The van der Waals surface area contributed by atoms with Crippen LogP contribution < -0.4 is 0 Å². The lowest BCUT2D eigenvalue weighted by atomic mass is 9.52. The van der Waals surface area contributed by atoms with Crippen LogP contribution in [-0.4, -0.2) is 49.5 Å². The van der Waals surface area contributed by atoms with E-state index in [-0.39, 0.29) is 29.1 Å². The van der Waals surface area contributed by atoms with Gasteiger partial charge in [0.05, 0.1) is 18.5 Å². The van der Waals surface area contributed by atoms with E-state index in [0.717, 1.165) is 51.1 Å². The minimum absolute atomic E-state index is 0.140. The average molecular weight is 612 g/mol. The average Bonchev–Trinajstić information content (AvgIpc) is 3.26. The zero-order valence-corrected chi connectivity index (χ0v) is 28.4. The van der Waals surface area contributed by atoms with Crippen LogP contribution in [-0.2, 0) is 20.8 Å². The van der Waals surface area contributed by atoms with Gasteiger partial charge in [-0.15, -0.1) is 0 Å². The Labute approximate surface area is 262 Å². The van der Waals surface area contributed by atoms with Crippen molar-refractivity contribution < 1.29 is 17.7 Å². The second kappa shape index (κ2) is 11.9. The van der Waals surface area contributed by atoms with Gasteiger partial charge >= 0.3 is 0 Å². The van der Waals surface area contributed by atoms with Crippen molar-refractivity contribution in [1.82, 2.24) is 4.90 Å². The van der Waals surface area contributed by atoms with E-state index < -0.39 is 10.1 Å². The number of fused-ring (bicyclic) bond motifs is 5. The number of hydrogen-bond donors (Lipinski definition) is 1. The molecule has 1 saturated heterocycles. The van der Waals surface area contributed by atoms with E-state index in [1.54, 1.807) is 11.1 Å². The van der Waals surface area contributed by atoms with Crippen molar-refractivity contribution in [2.75, 3.05) is 12.8 Å². The first-order valence-corrected chi connectivity index (χ1v) is 19.1. The van der Waals surface area contributed by atoms with E-state index >= 15 is 0 Å². The SMILES string of the molecule is CC1=C2C[C@H]3[C@@H](CC[C@@H]4CC(OS(C)(=O)=O)CC[C@@]43C)[C@@H]2CC[C@@](C)([C@H](C)[C@H]2[C@H](O)C[C@H](C)CN2Cc2ccccc2)C1. The predicted molar refractivity (Wildman–Crippen MR) is 174 cm³/mol. The van der Waals surface area contributed by atoms with Crippen molar-refractivity contribution in [2.24, 2.45) is 46.3 Å². The standard InChI is InChI=1S/C37H57NO4S/c1-24-18-34(39)35(38(22-24)23-27-10-8-7-9-11-27)26(3)36(4)16-15-30-31-13-12-28-19-29(42-43(6,40)41)14-17-37(28,5)33(31)20-32(30)25(2)21-36/h7-11,24,26,28-31,33-35,39H,12-23H2,1-6H3/t24-,26+,28+,29?,30-,31-,33-,34+,35-,36+,37-/m0/s1. The number of nitrogens with zero attached hydrogens (tertiary/aromatic N) is 1. The van der Waals surface area contributed by atoms with Gasteiger partial charge in [0.1, 0.15) is 0 Å². The number of aliphatic hydroxyl groups excluding tert-OH is 1. The molecule has 1 heterocycles. The van der Waals surface area contributed by atoms with E-state index in [2.05, 4.69) is 69.9 Å². The zero-order valence-electron chi connectivity index (χ0n) is 27.6. The molecule has 0 amide bonds. The third-order valence-corrected chi connectivity index (χ3v) is 14.1. The van der Waals surface area contributed by atoms with Crippen LogP contribution in [0.15, 0.2) is 41.5 Å². The molecule has 1 aromatic carbocycles. The molecule has 1 unspecified atom stereocenters. The molecule has 1 N–H and O–H groups in total. The van der Waals surface area contributed by atoms with Crippen LogP contribution in [0.2, 0.25) is 0 Å². The highest BCUT2D eigenvalue weighted by atomic mass is 32.2. The van der Waals surface area contributed by atoms with Crippen molar-refractivity contribution in [3.8, 4) is 0 Å². The van der Waals surface area contributed by atoms with E-state index in [9.17, 15) is 13.5 Å². The number of piperidine rings is 1. The van der Waals surface area contributed by atoms with Gasteiger partial charge in [0.2, 0.25) is 0 Å². The fourth-order valence-electron chi connectivity index (χ4n) is 11.2. The maximum Gasteiger partial charge on any atom is 0.264 e. The molecule has 0 spiro atoms. The van der Waals surface area contributed by atoms with Gasteiger partial charge < -0.3 is 5.11 Å². The molecule has 1 aliphatic heterocycles. The lowest BCUT2D eigenvalue weighted by Crippen LogP contribution is -2.56. The van der Waals surface area contributed by atoms with Crippen LogP contribution in [0.4, 0.5) is 0 Å². The first kappa shape index (κ1) is 31.8. The Bertz CT molecular complexity index is 1290. The highest BCUT2D eigenvalue weighted by Gasteiger charge is 2.57. The number of hydrogen-bond acceptors (Lipinski definition) is 5. The fraction of sp³-hybridized carbons (Fsp3) is 0.784.